The first-order chi connectivity index (χ1) is 9.40. The summed E-state index contributed by atoms with van der Waals surface area (Å²) in [5.41, 5.74) is 3.58. The minimum absolute atomic E-state index is 0.204. The van der Waals surface area contributed by atoms with Crippen LogP contribution >= 0.6 is 0 Å². The third kappa shape index (κ3) is 2.38. The van der Waals surface area contributed by atoms with Gasteiger partial charge < -0.3 is 5.32 Å². The van der Waals surface area contributed by atoms with Crippen LogP contribution in [0.3, 0.4) is 0 Å². The molecule has 1 aliphatic carbocycles. The molecule has 0 fully saturated rings. The third-order valence-electron chi connectivity index (χ3n) is 3.77. The molecule has 2 aromatic heterocycles. The molecular weight excluding hydrogens is 238 g/mol. The zero-order valence-electron chi connectivity index (χ0n) is 11.1. The van der Waals surface area contributed by atoms with Crippen LogP contribution in [0.2, 0.25) is 0 Å². The third-order valence-corrected chi connectivity index (χ3v) is 3.77. The molecule has 2 N–H and O–H groups in total. The topological polar surface area (TPSA) is 66.5 Å². The summed E-state index contributed by atoms with van der Waals surface area (Å²) in [6.07, 6.45) is 7.04. The monoisotopic (exact) mass is 257 g/mol. The van der Waals surface area contributed by atoms with Gasteiger partial charge in [0.05, 0.1) is 12.2 Å². The van der Waals surface area contributed by atoms with Gasteiger partial charge in [0.1, 0.15) is 5.69 Å². The van der Waals surface area contributed by atoms with E-state index >= 15 is 0 Å². The zero-order valence-corrected chi connectivity index (χ0v) is 11.1. The Morgan fingerprint density at radius 1 is 1.53 bits per heavy atom. The van der Waals surface area contributed by atoms with E-state index in [0.717, 1.165) is 31.5 Å². The van der Waals surface area contributed by atoms with Gasteiger partial charge in [0.25, 0.3) is 0 Å². The lowest BCUT2D eigenvalue weighted by Crippen LogP contribution is -2.27. The molecule has 19 heavy (non-hydrogen) atoms. The number of pyridine rings is 1. The van der Waals surface area contributed by atoms with Crippen LogP contribution in [0.1, 0.15) is 48.7 Å². The van der Waals surface area contributed by atoms with Gasteiger partial charge in [0.15, 0.2) is 0 Å². The number of rotatable bonds is 5. The van der Waals surface area contributed by atoms with E-state index in [-0.39, 0.29) is 6.04 Å². The maximum absolute atomic E-state index is 4.58. The van der Waals surface area contributed by atoms with Crippen LogP contribution in [0.5, 0.6) is 0 Å². The molecule has 0 saturated heterocycles. The van der Waals surface area contributed by atoms with Crippen LogP contribution in [0.4, 0.5) is 0 Å². The second kappa shape index (κ2) is 5.48. The van der Waals surface area contributed by atoms with Gasteiger partial charge in [-0.15, -0.1) is 0 Å². The van der Waals surface area contributed by atoms with E-state index in [9.17, 15) is 0 Å². The molecule has 0 aromatic carbocycles. The van der Waals surface area contributed by atoms with E-state index in [1.165, 1.54) is 11.3 Å². The molecule has 0 saturated carbocycles. The van der Waals surface area contributed by atoms with Gasteiger partial charge >= 0.3 is 0 Å². The SMILES string of the molecule is CCCNC(c1cn[nH]n1)C1CCc2cccnc21. The predicted molar refractivity (Wildman–Crippen MR) is 72.7 cm³/mol. The summed E-state index contributed by atoms with van der Waals surface area (Å²) in [6.45, 7) is 3.16. The van der Waals surface area contributed by atoms with Gasteiger partial charge in [0.2, 0.25) is 0 Å². The van der Waals surface area contributed by atoms with Crippen LogP contribution in [-0.2, 0) is 6.42 Å². The fraction of sp³-hybridized carbons (Fsp3) is 0.500. The maximum Gasteiger partial charge on any atom is 0.100 e. The van der Waals surface area contributed by atoms with Gasteiger partial charge in [-0.05, 0) is 37.4 Å². The molecule has 0 spiro atoms. The number of fused-ring (bicyclic) bond motifs is 1. The lowest BCUT2D eigenvalue weighted by molar-refractivity contribution is 0.428. The highest BCUT2D eigenvalue weighted by atomic mass is 15.3. The Morgan fingerprint density at radius 2 is 2.47 bits per heavy atom. The van der Waals surface area contributed by atoms with Gasteiger partial charge in [-0.1, -0.05) is 13.0 Å². The molecule has 5 nitrogen and oxygen atoms in total. The predicted octanol–water partition coefficient (Wildman–Crippen LogP) is 1.97. The van der Waals surface area contributed by atoms with E-state index in [1.54, 1.807) is 0 Å². The summed E-state index contributed by atoms with van der Waals surface area (Å²) in [4.78, 5) is 4.58. The van der Waals surface area contributed by atoms with Crippen molar-refractivity contribution in [2.24, 2.45) is 0 Å². The minimum Gasteiger partial charge on any atom is -0.308 e. The average molecular weight is 257 g/mol. The Hall–Kier alpha value is -1.75. The van der Waals surface area contributed by atoms with Crippen molar-refractivity contribution in [2.75, 3.05) is 6.54 Å². The summed E-state index contributed by atoms with van der Waals surface area (Å²) in [6, 6.07) is 4.41. The lowest BCUT2D eigenvalue weighted by atomic mass is 9.94. The molecule has 0 bridgehead atoms. The van der Waals surface area contributed by atoms with Crippen molar-refractivity contribution in [3.8, 4) is 0 Å². The van der Waals surface area contributed by atoms with Crippen LogP contribution in [0, 0.1) is 0 Å². The first-order valence-electron chi connectivity index (χ1n) is 6.93. The van der Waals surface area contributed by atoms with Crippen molar-refractivity contribution in [1.82, 2.24) is 25.7 Å². The van der Waals surface area contributed by atoms with E-state index in [4.69, 9.17) is 0 Å². The van der Waals surface area contributed by atoms with Gasteiger partial charge in [-0.3, -0.25) is 4.98 Å². The van der Waals surface area contributed by atoms with Crippen LogP contribution < -0.4 is 5.32 Å². The van der Waals surface area contributed by atoms with Crippen molar-refractivity contribution in [2.45, 2.75) is 38.1 Å². The summed E-state index contributed by atoms with van der Waals surface area (Å²) >= 11 is 0. The molecule has 1 aliphatic rings. The van der Waals surface area contributed by atoms with Crippen LogP contribution in [0.15, 0.2) is 24.5 Å². The van der Waals surface area contributed by atoms with Crippen molar-refractivity contribution < 1.29 is 0 Å². The van der Waals surface area contributed by atoms with E-state index < -0.39 is 0 Å². The molecular formula is C14H19N5. The Labute approximate surface area is 112 Å². The summed E-state index contributed by atoms with van der Waals surface area (Å²) < 4.78 is 0. The highest BCUT2D eigenvalue weighted by Gasteiger charge is 2.32. The second-order valence-corrected chi connectivity index (χ2v) is 5.02. The zero-order chi connectivity index (χ0) is 13.1. The number of aromatic amines is 1. The molecule has 5 heteroatoms. The molecule has 2 atom stereocenters. The number of aryl methyl sites for hydroxylation is 1. The Balaban J connectivity index is 1.89. The first-order valence-corrected chi connectivity index (χ1v) is 6.93. The molecule has 100 valence electrons. The Bertz CT molecular complexity index is 522. The Morgan fingerprint density at radius 3 is 3.26 bits per heavy atom. The van der Waals surface area contributed by atoms with Gasteiger partial charge in [-0.25, -0.2) is 0 Å². The quantitative estimate of drug-likeness (QED) is 0.859. The van der Waals surface area contributed by atoms with Gasteiger partial charge in [-0.2, -0.15) is 15.4 Å². The summed E-state index contributed by atoms with van der Waals surface area (Å²) in [5, 5.41) is 14.5. The van der Waals surface area contributed by atoms with Gasteiger partial charge in [0, 0.05) is 17.8 Å². The molecule has 0 amide bonds. The van der Waals surface area contributed by atoms with Crippen molar-refractivity contribution in [1.29, 1.82) is 0 Å². The second-order valence-electron chi connectivity index (χ2n) is 5.02. The Kier molecular flexibility index (Phi) is 3.55. The van der Waals surface area contributed by atoms with E-state index in [2.05, 4.69) is 38.7 Å². The smallest absolute Gasteiger partial charge is 0.100 e. The normalized spacial score (nSPS) is 19.3. The van der Waals surface area contributed by atoms with Crippen LogP contribution in [-0.4, -0.2) is 26.9 Å². The molecule has 0 aliphatic heterocycles. The molecule has 3 rings (SSSR count). The highest BCUT2D eigenvalue weighted by Crippen LogP contribution is 2.39. The molecule has 2 unspecified atom stereocenters. The standard InChI is InChI=1S/C14H19N5/c1-2-7-15-14(12-9-17-19-18-12)11-6-5-10-4-3-8-16-13(10)11/h3-4,8-9,11,14-15H,2,5-7H2,1H3,(H,17,18,19). The number of aromatic nitrogens is 4. The number of H-pyrrole nitrogens is 1. The highest BCUT2D eigenvalue weighted by molar-refractivity contribution is 5.31. The number of hydrogen-bond acceptors (Lipinski definition) is 4. The number of hydrogen-bond donors (Lipinski definition) is 2. The fourth-order valence-corrected chi connectivity index (χ4v) is 2.88. The number of nitrogens with one attached hydrogen (secondary N) is 2. The van der Waals surface area contributed by atoms with Crippen molar-refractivity contribution in [3.05, 3.63) is 41.5 Å². The first kappa shape index (κ1) is 12.3. The lowest BCUT2D eigenvalue weighted by Gasteiger charge is -2.23. The minimum atomic E-state index is 0.204. The summed E-state index contributed by atoms with van der Waals surface area (Å²) in [7, 11) is 0. The number of nitrogens with zero attached hydrogens (tertiary/aromatic N) is 3. The molecule has 0 radical (unpaired) electrons. The maximum atomic E-state index is 4.58. The average Bonchev–Trinajstić information content (AvgIpc) is 3.09. The summed E-state index contributed by atoms with van der Waals surface area (Å²) in [5.74, 6) is 0.396. The van der Waals surface area contributed by atoms with Crippen LogP contribution in [0.25, 0.3) is 0 Å². The van der Waals surface area contributed by atoms with Crippen molar-refractivity contribution >= 4 is 0 Å². The molecule has 2 aromatic rings. The molecule has 2 heterocycles. The van der Waals surface area contributed by atoms with E-state index in [0.29, 0.717) is 5.92 Å². The van der Waals surface area contributed by atoms with Crippen molar-refractivity contribution in [3.63, 3.8) is 0 Å². The fourth-order valence-electron chi connectivity index (χ4n) is 2.88. The van der Waals surface area contributed by atoms with E-state index in [1.807, 2.05) is 18.5 Å². The largest absolute Gasteiger partial charge is 0.308 e.